The topological polar surface area (TPSA) is 38.9 Å². The van der Waals surface area contributed by atoms with Crippen LogP contribution < -0.4 is 5.73 Å². The molecule has 0 aliphatic rings. The minimum atomic E-state index is -0.0971. The maximum absolute atomic E-state index is 6.18. The lowest BCUT2D eigenvalue weighted by Gasteiger charge is -2.13. The van der Waals surface area contributed by atoms with Gasteiger partial charge in [0.1, 0.15) is 0 Å². The van der Waals surface area contributed by atoms with Gasteiger partial charge in [0.2, 0.25) is 0 Å². The molecule has 0 saturated carbocycles. The number of rotatable bonds is 1. The summed E-state index contributed by atoms with van der Waals surface area (Å²) in [5.41, 5.74) is 8.54. The lowest BCUT2D eigenvalue weighted by molar-refractivity contribution is 0.823. The summed E-state index contributed by atoms with van der Waals surface area (Å²) in [6.45, 7) is 3.84. The number of nitrogens with zero attached hydrogens (tertiary/aromatic N) is 1. The number of pyridine rings is 1. The molecule has 4 heteroatoms. The Labute approximate surface area is 104 Å². The zero-order valence-corrected chi connectivity index (χ0v) is 10.6. The first-order valence-electron chi connectivity index (χ1n) is 5.01. The number of fused-ring (bicyclic) bond motifs is 1. The highest BCUT2D eigenvalue weighted by Gasteiger charge is 2.13. The minimum Gasteiger partial charge on any atom is -0.324 e. The number of hydrogen-bond acceptors (Lipinski definition) is 2. The van der Waals surface area contributed by atoms with Crippen LogP contribution in [0.3, 0.4) is 0 Å². The Kier molecular flexibility index (Phi) is 3.06. The Balaban J connectivity index is 2.95. The minimum absolute atomic E-state index is 0.0971. The zero-order valence-electron chi connectivity index (χ0n) is 9.09. The molecule has 0 radical (unpaired) electrons. The summed E-state index contributed by atoms with van der Waals surface area (Å²) >= 11 is 12.3. The monoisotopic (exact) mass is 254 g/mol. The number of aromatic nitrogens is 1. The average Bonchev–Trinajstić information content (AvgIpc) is 2.22. The van der Waals surface area contributed by atoms with Crippen LogP contribution in [-0.4, -0.2) is 4.98 Å². The Morgan fingerprint density at radius 1 is 1.25 bits per heavy atom. The molecule has 1 aromatic carbocycles. The number of hydrogen-bond donors (Lipinski definition) is 1. The molecule has 0 aliphatic heterocycles. The molecule has 0 bridgehead atoms. The van der Waals surface area contributed by atoms with Crippen molar-refractivity contribution in [2.75, 3.05) is 0 Å². The fourth-order valence-electron chi connectivity index (χ4n) is 1.79. The Morgan fingerprint density at radius 3 is 2.50 bits per heavy atom. The first-order valence-corrected chi connectivity index (χ1v) is 5.77. The summed E-state index contributed by atoms with van der Waals surface area (Å²) in [5, 5.41) is 2.10. The van der Waals surface area contributed by atoms with Gasteiger partial charge >= 0.3 is 0 Å². The van der Waals surface area contributed by atoms with E-state index in [2.05, 4.69) is 4.98 Å². The molecule has 0 saturated heterocycles. The van der Waals surface area contributed by atoms with Crippen LogP contribution in [-0.2, 0) is 0 Å². The second kappa shape index (κ2) is 4.21. The quantitative estimate of drug-likeness (QED) is 0.840. The van der Waals surface area contributed by atoms with E-state index in [1.54, 1.807) is 12.1 Å². The van der Waals surface area contributed by atoms with Crippen molar-refractivity contribution in [3.8, 4) is 0 Å². The highest BCUT2D eigenvalue weighted by molar-refractivity contribution is 6.40. The van der Waals surface area contributed by atoms with E-state index < -0.39 is 0 Å². The van der Waals surface area contributed by atoms with Crippen LogP contribution in [0.4, 0.5) is 0 Å². The van der Waals surface area contributed by atoms with Gasteiger partial charge in [0.05, 0.1) is 15.6 Å². The number of aryl methyl sites for hydroxylation is 1. The molecule has 2 rings (SSSR count). The first-order chi connectivity index (χ1) is 7.50. The summed E-state index contributed by atoms with van der Waals surface area (Å²) in [4.78, 5) is 4.41. The lowest BCUT2D eigenvalue weighted by Crippen LogP contribution is -2.07. The van der Waals surface area contributed by atoms with Gasteiger partial charge < -0.3 is 5.73 Å². The van der Waals surface area contributed by atoms with Crippen LogP contribution in [0, 0.1) is 6.92 Å². The largest absolute Gasteiger partial charge is 0.324 e. The molecular weight excluding hydrogens is 243 g/mol. The predicted molar refractivity (Wildman–Crippen MR) is 69.1 cm³/mol. The number of halogens is 2. The van der Waals surface area contributed by atoms with Gasteiger partial charge in [-0.3, -0.25) is 4.98 Å². The third-order valence-electron chi connectivity index (χ3n) is 2.51. The van der Waals surface area contributed by atoms with E-state index in [0.717, 1.165) is 22.2 Å². The molecule has 0 fully saturated rings. The van der Waals surface area contributed by atoms with E-state index >= 15 is 0 Å². The van der Waals surface area contributed by atoms with Crippen LogP contribution >= 0.6 is 23.2 Å². The predicted octanol–water partition coefficient (Wildman–Crippen LogP) is 3.87. The smallest absolute Gasteiger partial charge is 0.0909 e. The van der Waals surface area contributed by atoms with Crippen LogP contribution in [0.25, 0.3) is 10.9 Å². The van der Waals surface area contributed by atoms with Crippen molar-refractivity contribution in [3.63, 3.8) is 0 Å². The van der Waals surface area contributed by atoms with E-state index in [9.17, 15) is 0 Å². The molecular formula is C12H12Cl2N2. The van der Waals surface area contributed by atoms with Crippen molar-refractivity contribution in [1.29, 1.82) is 0 Å². The van der Waals surface area contributed by atoms with Gasteiger partial charge in [0.25, 0.3) is 0 Å². The fourth-order valence-corrected chi connectivity index (χ4v) is 2.25. The van der Waals surface area contributed by atoms with Crippen molar-refractivity contribution in [3.05, 3.63) is 39.5 Å². The van der Waals surface area contributed by atoms with E-state index in [-0.39, 0.29) is 6.04 Å². The Hall–Kier alpha value is -0.830. The molecule has 0 aliphatic carbocycles. The fraction of sp³-hybridized carbons (Fsp3) is 0.250. The van der Waals surface area contributed by atoms with Gasteiger partial charge in [0.15, 0.2) is 0 Å². The lowest BCUT2D eigenvalue weighted by atomic mass is 10.0. The Morgan fingerprint density at radius 2 is 1.88 bits per heavy atom. The zero-order chi connectivity index (χ0) is 11.9. The second-order valence-electron chi connectivity index (χ2n) is 3.89. The van der Waals surface area contributed by atoms with Gasteiger partial charge in [-0.1, -0.05) is 23.2 Å². The standard InChI is InChI=1S/C12H12Cl2N2/c1-6-5-8(7(2)15)11-9(13)3-4-10(14)12(11)16-6/h3-5,7H,15H2,1-2H3. The van der Waals surface area contributed by atoms with Crippen molar-refractivity contribution in [2.45, 2.75) is 19.9 Å². The summed E-state index contributed by atoms with van der Waals surface area (Å²) in [6.07, 6.45) is 0. The first kappa shape index (κ1) is 11.6. The van der Waals surface area contributed by atoms with Gasteiger partial charge in [0, 0.05) is 17.1 Å². The van der Waals surface area contributed by atoms with Crippen molar-refractivity contribution < 1.29 is 0 Å². The molecule has 2 aromatic rings. The molecule has 0 amide bonds. The van der Waals surface area contributed by atoms with Crippen LogP contribution in [0.2, 0.25) is 10.0 Å². The van der Waals surface area contributed by atoms with E-state index in [0.29, 0.717) is 10.0 Å². The maximum Gasteiger partial charge on any atom is 0.0909 e. The van der Waals surface area contributed by atoms with Crippen LogP contribution in [0.1, 0.15) is 24.2 Å². The summed E-state index contributed by atoms with van der Waals surface area (Å²) in [7, 11) is 0. The van der Waals surface area contributed by atoms with Gasteiger partial charge in [-0.25, -0.2) is 0 Å². The summed E-state index contributed by atoms with van der Waals surface area (Å²) < 4.78 is 0. The number of benzene rings is 1. The third-order valence-corrected chi connectivity index (χ3v) is 3.13. The van der Waals surface area contributed by atoms with Crippen LogP contribution in [0.15, 0.2) is 18.2 Å². The molecule has 0 spiro atoms. The van der Waals surface area contributed by atoms with Crippen LogP contribution in [0.5, 0.6) is 0 Å². The summed E-state index contributed by atoms with van der Waals surface area (Å²) in [5.74, 6) is 0. The van der Waals surface area contributed by atoms with E-state index in [4.69, 9.17) is 28.9 Å². The normalized spacial score (nSPS) is 13.1. The maximum atomic E-state index is 6.18. The number of nitrogens with two attached hydrogens (primary N) is 1. The average molecular weight is 255 g/mol. The molecule has 1 aromatic heterocycles. The van der Waals surface area contributed by atoms with Gasteiger partial charge in [-0.05, 0) is 37.6 Å². The molecule has 16 heavy (non-hydrogen) atoms. The van der Waals surface area contributed by atoms with Crippen molar-refractivity contribution in [1.82, 2.24) is 4.98 Å². The molecule has 84 valence electrons. The van der Waals surface area contributed by atoms with Crippen molar-refractivity contribution >= 4 is 34.1 Å². The van der Waals surface area contributed by atoms with Gasteiger partial charge in [-0.2, -0.15) is 0 Å². The summed E-state index contributed by atoms with van der Waals surface area (Å²) in [6, 6.07) is 5.38. The highest BCUT2D eigenvalue weighted by atomic mass is 35.5. The van der Waals surface area contributed by atoms with E-state index in [1.807, 2.05) is 19.9 Å². The van der Waals surface area contributed by atoms with Gasteiger partial charge in [-0.15, -0.1) is 0 Å². The molecule has 1 atom stereocenters. The molecule has 1 heterocycles. The Bertz CT molecular complexity index is 550. The molecule has 2 nitrogen and oxygen atoms in total. The second-order valence-corrected chi connectivity index (χ2v) is 4.71. The SMILES string of the molecule is Cc1cc(C(C)N)c2c(Cl)ccc(Cl)c2n1. The van der Waals surface area contributed by atoms with E-state index in [1.165, 1.54) is 0 Å². The third kappa shape index (κ3) is 1.88. The molecule has 1 unspecified atom stereocenters. The van der Waals surface area contributed by atoms with Crippen molar-refractivity contribution in [2.24, 2.45) is 5.73 Å². The molecule has 2 N–H and O–H groups in total. The highest BCUT2D eigenvalue weighted by Crippen LogP contribution is 2.33.